The van der Waals surface area contributed by atoms with E-state index in [1.165, 1.54) is 18.2 Å². The average molecular weight is 570 g/mol. The highest BCUT2D eigenvalue weighted by Gasteiger charge is 2.18. The fourth-order valence-corrected chi connectivity index (χ4v) is 3.67. The van der Waals surface area contributed by atoms with Crippen LogP contribution in [0.4, 0.5) is 5.69 Å². The number of nitrogens with zero attached hydrogens (tertiary/aromatic N) is 4. The summed E-state index contributed by atoms with van der Waals surface area (Å²) in [4.78, 5) is 30.0. The van der Waals surface area contributed by atoms with E-state index in [-0.39, 0.29) is 60.1 Å². The van der Waals surface area contributed by atoms with Crippen molar-refractivity contribution in [2.75, 3.05) is 46.3 Å². The van der Waals surface area contributed by atoms with Gasteiger partial charge >= 0.3 is 0 Å². The number of amides is 1. The molecule has 176 valence electrons. The lowest BCUT2D eigenvalue weighted by Crippen LogP contribution is -2.46. The molecule has 0 saturated heterocycles. The van der Waals surface area contributed by atoms with Gasteiger partial charge in [-0.3, -0.25) is 19.9 Å². The van der Waals surface area contributed by atoms with Crippen LogP contribution in [0.2, 0.25) is 0 Å². The van der Waals surface area contributed by atoms with Crippen LogP contribution >= 0.6 is 24.0 Å². The van der Waals surface area contributed by atoms with E-state index in [4.69, 9.17) is 0 Å². The van der Waals surface area contributed by atoms with Crippen LogP contribution in [0.5, 0.6) is 0 Å². The standard InChI is InChI=1S/C18H30N6O5S.HI/c1-5-19-18(22(4)14-17(25)23(6-2)7-3)20-11-12-21-30(28,29)16-10-8-9-15(13-16)24(26)27;/h8-10,13,21H,5-7,11-12,14H2,1-4H3,(H,19,20);1H. The topological polar surface area (TPSA) is 137 Å². The molecule has 0 spiro atoms. The van der Waals surface area contributed by atoms with Gasteiger partial charge in [-0.25, -0.2) is 13.1 Å². The van der Waals surface area contributed by atoms with E-state index in [9.17, 15) is 23.3 Å². The van der Waals surface area contributed by atoms with Gasteiger partial charge in [-0.15, -0.1) is 24.0 Å². The van der Waals surface area contributed by atoms with Gasteiger partial charge in [-0.2, -0.15) is 0 Å². The number of guanidine groups is 1. The molecule has 31 heavy (non-hydrogen) atoms. The third-order valence-corrected chi connectivity index (χ3v) is 5.65. The highest BCUT2D eigenvalue weighted by atomic mass is 127. The SMILES string of the molecule is CCNC(=NCCNS(=O)(=O)c1cccc([N+](=O)[O-])c1)N(C)CC(=O)N(CC)CC.I. The van der Waals surface area contributed by atoms with Gasteiger partial charge in [0.05, 0.1) is 22.9 Å². The highest BCUT2D eigenvalue weighted by Crippen LogP contribution is 2.16. The zero-order chi connectivity index (χ0) is 22.7. The third kappa shape index (κ3) is 9.35. The lowest BCUT2D eigenvalue weighted by atomic mass is 10.3. The molecular formula is C18H31IN6O5S. The van der Waals surface area contributed by atoms with Gasteiger partial charge in [0.2, 0.25) is 15.9 Å². The first-order chi connectivity index (χ1) is 14.2. The number of sulfonamides is 1. The number of hydrogen-bond donors (Lipinski definition) is 2. The molecule has 0 aliphatic heterocycles. The van der Waals surface area contributed by atoms with Gasteiger partial charge < -0.3 is 15.1 Å². The summed E-state index contributed by atoms with van der Waals surface area (Å²) in [5.41, 5.74) is -0.301. The molecule has 0 saturated carbocycles. The molecule has 0 bridgehead atoms. The molecule has 11 nitrogen and oxygen atoms in total. The molecule has 0 unspecified atom stereocenters. The number of carbonyl (C=O) groups is 1. The van der Waals surface area contributed by atoms with Crippen molar-refractivity contribution in [3.05, 3.63) is 34.4 Å². The number of nitrogens with one attached hydrogen (secondary N) is 2. The zero-order valence-corrected chi connectivity index (χ0v) is 21.3. The molecule has 0 heterocycles. The van der Waals surface area contributed by atoms with Gasteiger partial charge in [-0.1, -0.05) is 6.07 Å². The number of hydrogen-bond acceptors (Lipinski definition) is 6. The molecular weight excluding hydrogens is 539 g/mol. The number of aliphatic imine (C=N–C) groups is 1. The lowest BCUT2D eigenvalue weighted by molar-refractivity contribution is -0.385. The van der Waals surface area contributed by atoms with E-state index >= 15 is 0 Å². The monoisotopic (exact) mass is 570 g/mol. The Kier molecular flexibility index (Phi) is 13.2. The van der Waals surface area contributed by atoms with Gasteiger partial charge in [0.15, 0.2) is 5.96 Å². The minimum absolute atomic E-state index is 0. The van der Waals surface area contributed by atoms with Crippen LogP contribution in [0.3, 0.4) is 0 Å². The Bertz CT molecular complexity index is 861. The first-order valence-corrected chi connectivity index (χ1v) is 11.2. The summed E-state index contributed by atoms with van der Waals surface area (Å²) in [6.07, 6.45) is 0. The summed E-state index contributed by atoms with van der Waals surface area (Å²) in [6.45, 7) is 7.81. The highest BCUT2D eigenvalue weighted by molar-refractivity contribution is 14.0. The Morgan fingerprint density at radius 3 is 2.42 bits per heavy atom. The van der Waals surface area contributed by atoms with Crippen LogP contribution in [0, 0.1) is 10.1 Å². The van der Waals surface area contributed by atoms with Gasteiger partial charge in [0.1, 0.15) is 0 Å². The number of rotatable bonds is 11. The van der Waals surface area contributed by atoms with Crippen LogP contribution in [0.15, 0.2) is 34.2 Å². The minimum Gasteiger partial charge on any atom is -0.357 e. The first kappa shape index (κ1) is 29.0. The van der Waals surface area contributed by atoms with Crippen molar-refractivity contribution in [3.8, 4) is 0 Å². The molecule has 0 aliphatic rings. The first-order valence-electron chi connectivity index (χ1n) is 9.67. The Labute approximate surface area is 200 Å². The zero-order valence-electron chi connectivity index (χ0n) is 18.2. The van der Waals surface area contributed by atoms with Crippen molar-refractivity contribution in [1.29, 1.82) is 0 Å². The summed E-state index contributed by atoms with van der Waals surface area (Å²) >= 11 is 0. The summed E-state index contributed by atoms with van der Waals surface area (Å²) in [5.74, 6) is 0.451. The number of likely N-dealkylation sites (N-methyl/N-ethyl adjacent to an activating group) is 2. The fraction of sp³-hybridized carbons (Fsp3) is 0.556. The van der Waals surface area contributed by atoms with E-state index in [1.807, 2.05) is 20.8 Å². The molecule has 1 aromatic rings. The van der Waals surface area contributed by atoms with Crippen molar-refractivity contribution in [3.63, 3.8) is 0 Å². The second-order valence-electron chi connectivity index (χ2n) is 6.31. The van der Waals surface area contributed by atoms with Gasteiger partial charge in [0.25, 0.3) is 5.69 Å². The van der Waals surface area contributed by atoms with Crippen molar-refractivity contribution >= 4 is 51.6 Å². The average Bonchev–Trinajstić information content (AvgIpc) is 2.71. The molecule has 0 aliphatic carbocycles. The van der Waals surface area contributed by atoms with Crippen LogP contribution in [-0.4, -0.2) is 81.3 Å². The molecule has 0 aromatic heterocycles. The van der Waals surface area contributed by atoms with Crippen molar-refractivity contribution in [1.82, 2.24) is 19.8 Å². The molecule has 13 heteroatoms. The Hall–Kier alpha value is -2.00. The normalized spacial score (nSPS) is 11.4. The van der Waals surface area contributed by atoms with E-state index in [0.29, 0.717) is 25.6 Å². The van der Waals surface area contributed by atoms with Crippen LogP contribution in [0.25, 0.3) is 0 Å². The maximum Gasteiger partial charge on any atom is 0.270 e. The maximum atomic E-state index is 12.3. The van der Waals surface area contributed by atoms with Crippen molar-refractivity contribution in [2.45, 2.75) is 25.7 Å². The fourth-order valence-electron chi connectivity index (χ4n) is 2.61. The summed E-state index contributed by atoms with van der Waals surface area (Å²) in [5, 5.41) is 13.9. The van der Waals surface area contributed by atoms with E-state index in [1.54, 1.807) is 16.8 Å². The largest absolute Gasteiger partial charge is 0.357 e. The molecule has 1 amide bonds. The molecule has 0 atom stereocenters. The van der Waals surface area contributed by atoms with Crippen LogP contribution in [-0.2, 0) is 14.8 Å². The quantitative estimate of drug-likeness (QED) is 0.102. The molecule has 2 N–H and O–H groups in total. The third-order valence-electron chi connectivity index (χ3n) is 4.19. The predicted molar refractivity (Wildman–Crippen MR) is 130 cm³/mol. The minimum atomic E-state index is -3.90. The van der Waals surface area contributed by atoms with Crippen LogP contribution in [0.1, 0.15) is 20.8 Å². The molecule has 1 aromatic carbocycles. The van der Waals surface area contributed by atoms with Crippen LogP contribution < -0.4 is 10.0 Å². The number of halogens is 1. The molecule has 1 rings (SSSR count). The number of carbonyl (C=O) groups excluding carboxylic acids is 1. The van der Waals surface area contributed by atoms with Gasteiger partial charge in [-0.05, 0) is 26.8 Å². The lowest BCUT2D eigenvalue weighted by Gasteiger charge is -2.25. The predicted octanol–water partition coefficient (Wildman–Crippen LogP) is 1.26. The van der Waals surface area contributed by atoms with Crippen molar-refractivity contribution in [2.24, 2.45) is 4.99 Å². The summed E-state index contributed by atoms with van der Waals surface area (Å²) in [6, 6.07) is 4.83. The summed E-state index contributed by atoms with van der Waals surface area (Å²) in [7, 11) is -2.17. The second-order valence-corrected chi connectivity index (χ2v) is 8.08. The maximum absolute atomic E-state index is 12.3. The molecule has 0 fully saturated rings. The van der Waals surface area contributed by atoms with E-state index < -0.39 is 14.9 Å². The Morgan fingerprint density at radius 2 is 1.87 bits per heavy atom. The smallest absolute Gasteiger partial charge is 0.270 e. The Balaban J connectivity index is 0.00000900. The van der Waals surface area contributed by atoms with Crippen molar-refractivity contribution < 1.29 is 18.1 Å². The molecule has 0 radical (unpaired) electrons. The summed E-state index contributed by atoms with van der Waals surface area (Å²) < 4.78 is 27.1. The van der Waals surface area contributed by atoms with E-state index in [2.05, 4.69) is 15.0 Å². The Morgan fingerprint density at radius 1 is 1.23 bits per heavy atom. The number of non-ortho nitro benzene ring substituents is 1. The van der Waals surface area contributed by atoms with Gasteiger partial charge in [0, 0.05) is 45.4 Å². The number of benzene rings is 1. The number of nitro benzene ring substituents is 1. The number of nitro groups is 1. The second kappa shape index (κ2) is 14.1. The van der Waals surface area contributed by atoms with E-state index in [0.717, 1.165) is 6.07 Å².